The standard InChI is InChI=1S/C15H16N4OS/c1-12(8-16)10-21-14-5-3-2-4-13(14)18-15(20)9-19-7-6-17-11-19/h2-7,11-12H,9-10H2,1H3,(H,18,20)/t12-/m1/s1. The third-order valence-electron chi connectivity index (χ3n) is 2.76. The SMILES string of the molecule is C[C@H](C#N)CSc1ccccc1NC(=O)Cn1ccnc1. The molecule has 0 aliphatic rings. The van der Waals surface area contributed by atoms with Crippen LogP contribution in [0.5, 0.6) is 0 Å². The number of amides is 1. The first-order valence-corrected chi connectivity index (χ1v) is 7.54. The number of nitriles is 1. The van der Waals surface area contributed by atoms with Gasteiger partial charge in [-0.05, 0) is 19.1 Å². The van der Waals surface area contributed by atoms with E-state index in [1.165, 1.54) is 0 Å². The molecule has 0 aliphatic heterocycles. The maximum absolute atomic E-state index is 12.0. The Morgan fingerprint density at radius 2 is 2.33 bits per heavy atom. The van der Waals surface area contributed by atoms with Gasteiger partial charge in [-0.25, -0.2) is 4.98 Å². The lowest BCUT2D eigenvalue weighted by Crippen LogP contribution is -2.18. The smallest absolute Gasteiger partial charge is 0.244 e. The Morgan fingerprint density at radius 1 is 1.52 bits per heavy atom. The molecule has 0 spiro atoms. The molecule has 5 nitrogen and oxygen atoms in total. The van der Waals surface area contributed by atoms with Gasteiger partial charge in [0.15, 0.2) is 0 Å². The van der Waals surface area contributed by atoms with Crippen molar-refractivity contribution in [2.24, 2.45) is 5.92 Å². The van der Waals surface area contributed by atoms with Crippen LogP contribution in [0.15, 0.2) is 47.9 Å². The van der Waals surface area contributed by atoms with Gasteiger partial charge in [-0.15, -0.1) is 11.8 Å². The van der Waals surface area contributed by atoms with Crippen molar-refractivity contribution in [3.8, 4) is 6.07 Å². The molecule has 2 aromatic rings. The van der Waals surface area contributed by atoms with Gasteiger partial charge in [0.25, 0.3) is 0 Å². The van der Waals surface area contributed by atoms with Crippen LogP contribution in [0.2, 0.25) is 0 Å². The Balaban J connectivity index is 1.99. The van der Waals surface area contributed by atoms with Gasteiger partial charge in [-0.3, -0.25) is 4.79 Å². The summed E-state index contributed by atoms with van der Waals surface area (Å²) in [5, 5.41) is 11.7. The molecule has 0 saturated heterocycles. The first kappa shape index (κ1) is 15.1. The fourth-order valence-corrected chi connectivity index (χ4v) is 2.64. The predicted octanol–water partition coefficient (Wildman–Crippen LogP) is 2.77. The molecule has 1 atom stereocenters. The van der Waals surface area contributed by atoms with Crippen molar-refractivity contribution < 1.29 is 4.79 Å². The highest BCUT2D eigenvalue weighted by atomic mass is 32.2. The Morgan fingerprint density at radius 3 is 3.05 bits per heavy atom. The normalized spacial score (nSPS) is 11.6. The van der Waals surface area contributed by atoms with Crippen molar-refractivity contribution in [3.63, 3.8) is 0 Å². The van der Waals surface area contributed by atoms with Crippen LogP contribution in [0.4, 0.5) is 5.69 Å². The topological polar surface area (TPSA) is 70.7 Å². The minimum absolute atomic E-state index is 0.0234. The maximum atomic E-state index is 12.0. The van der Waals surface area contributed by atoms with E-state index in [9.17, 15) is 4.79 Å². The van der Waals surface area contributed by atoms with E-state index in [4.69, 9.17) is 5.26 Å². The highest BCUT2D eigenvalue weighted by molar-refractivity contribution is 7.99. The second-order valence-corrected chi connectivity index (χ2v) is 5.68. The number of nitrogens with one attached hydrogen (secondary N) is 1. The fourth-order valence-electron chi connectivity index (χ4n) is 1.68. The summed E-state index contributed by atoms with van der Waals surface area (Å²) in [7, 11) is 0. The molecule has 1 aromatic heterocycles. The van der Waals surface area contributed by atoms with Crippen molar-refractivity contribution >= 4 is 23.4 Å². The van der Waals surface area contributed by atoms with E-state index in [0.717, 1.165) is 10.6 Å². The molecule has 1 amide bonds. The molecule has 2 rings (SSSR count). The van der Waals surface area contributed by atoms with Crippen LogP contribution in [-0.4, -0.2) is 21.2 Å². The Labute approximate surface area is 128 Å². The first-order valence-electron chi connectivity index (χ1n) is 6.56. The number of nitrogens with zero attached hydrogens (tertiary/aromatic N) is 3. The average Bonchev–Trinajstić information content (AvgIpc) is 2.98. The van der Waals surface area contributed by atoms with Gasteiger partial charge in [0.1, 0.15) is 6.54 Å². The molecule has 6 heteroatoms. The lowest BCUT2D eigenvalue weighted by molar-refractivity contribution is -0.116. The third kappa shape index (κ3) is 4.65. The summed E-state index contributed by atoms with van der Waals surface area (Å²) >= 11 is 1.57. The predicted molar refractivity (Wildman–Crippen MR) is 82.8 cm³/mol. The largest absolute Gasteiger partial charge is 0.328 e. The van der Waals surface area contributed by atoms with Crippen molar-refractivity contribution in [2.45, 2.75) is 18.4 Å². The van der Waals surface area contributed by atoms with Crippen molar-refractivity contribution in [2.75, 3.05) is 11.1 Å². The van der Waals surface area contributed by atoms with Crippen LogP contribution in [0.3, 0.4) is 0 Å². The monoisotopic (exact) mass is 300 g/mol. The van der Waals surface area contributed by atoms with Crippen LogP contribution in [0.1, 0.15) is 6.92 Å². The molecule has 0 aliphatic carbocycles. The van der Waals surface area contributed by atoms with Crippen LogP contribution in [0, 0.1) is 17.2 Å². The number of rotatable bonds is 6. The highest BCUT2D eigenvalue weighted by Crippen LogP contribution is 2.28. The van der Waals surface area contributed by atoms with E-state index >= 15 is 0 Å². The quantitative estimate of drug-likeness (QED) is 0.833. The molecule has 1 heterocycles. The van der Waals surface area contributed by atoms with Crippen molar-refractivity contribution in [1.29, 1.82) is 5.26 Å². The average molecular weight is 300 g/mol. The molecule has 21 heavy (non-hydrogen) atoms. The number of hydrogen-bond donors (Lipinski definition) is 1. The minimum atomic E-state index is -0.102. The molecule has 0 bridgehead atoms. The number of aromatic nitrogens is 2. The van der Waals surface area contributed by atoms with Crippen molar-refractivity contribution in [1.82, 2.24) is 9.55 Å². The molecule has 1 aromatic carbocycles. The second kappa shape index (κ2) is 7.50. The van der Waals surface area contributed by atoms with Gasteiger partial charge < -0.3 is 9.88 Å². The number of imidazole rings is 1. The first-order chi connectivity index (χ1) is 10.2. The molecular formula is C15H16N4OS. The molecule has 0 saturated carbocycles. The number of anilines is 1. The third-order valence-corrected chi connectivity index (χ3v) is 4.09. The highest BCUT2D eigenvalue weighted by Gasteiger charge is 2.09. The summed E-state index contributed by atoms with van der Waals surface area (Å²) in [4.78, 5) is 16.9. The number of hydrogen-bond acceptors (Lipinski definition) is 4. The van der Waals surface area contributed by atoms with Gasteiger partial charge in [-0.1, -0.05) is 12.1 Å². The van der Waals surface area contributed by atoms with Crippen molar-refractivity contribution in [3.05, 3.63) is 43.0 Å². The van der Waals surface area contributed by atoms with E-state index in [1.807, 2.05) is 31.2 Å². The zero-order valence-electron chi connectivity index (χ0n) is 11.7. The second-order valence-electron chi connectivity index (χ2n) is 4.62. The van der Waals surface area contributed by atoms with Gasteiger partial charge in [0.05, 0.1) is 24.0 Å². The molecular weight excluding hydrogens is 284 g/mol. The van der Waals surface area contributed by atoms with E-state index < -0.39 is 0 Å². The Bertz CT molecular complexity index is 633. The number of benzene rings is 1. The van der Waals surface area contributed by atoms with E-state index in [2.05, 4.69) is 16.4 Å². The summed E-state index contributed by atoms with van der Waals surface area (Å²) in [6, 6.07) is 9.82. The van der Waals surface area contributed by atoms with Gasteiger partial charge in [-0.2, -0.15) is 5.26 Å². The molecule has 108 valence electrons. The van der Waals surface area contributed by atoms with E-state index in [1.54, 1.807) is 35.0 Å². The van der Waals surface area contributed by atoms with Gasteiger partial charge >= 0.3 is 0 Å². The lowest BCUT2D eigenvalue weighted by atomic mass is 10.3. The summed E-state index contributed by atoms with van der Waals surface area (Å²) in [5.41, 5.74) is 0.776. The summed E-state index contributed by atoms with van der Waals surface area (Å²) in [6.45, 7) is 2.11. The molecule has 0 unspecified atom stereocenters. The van der Waals surface area contributed by atoms with Crippen LogP contribution in [-0.2, 0) is 11.3 Å². The lowest BCUT2D eigenvalue weighted by Gasteiger charge is -2.11. The Hall–Kier alpha value is -2.26. The Kier molecular flexibility index (Phi) is 5.41. The van der Waals surface area contributed by atoms with Crippen LogP contribution >= 0.6 is 11.8 Å². The van der Waals surface area contributed by atoms with Crippen LogP contribution in [0.25, 0.3) is 0 Å². The summed E-state index contributed by atoms with van der Waals surface area (Å²) in [6.07, 6.45) is 4.99. The zero-order valence-corrected chi connectivity index (χ0v) is 12.5. The fraction of sp³-hybridized carbons (Fsp3) is 0.267. The molecule has 0 fully saturated rings. The zero-order chi connectivity index (χ0) is 15.1. The summed E-state index contributed by atoms with van der Waals surface area (Å²) < 4.78 is 1.71. The van der Waals surface area contributed by atoms with E-state index in [0.29, 0.717) is 5.75 Å². The maximum Gasteiger partial charge on any atom is 0.244 e. The number of carbonyl (C=O) groups is 1. The number of thioether (sulfide) groups is 1. The van der Waals surface area contributed by atoms with Gasteiger partial charge in [0, 0.05) is 23.0 Å². The number of para-hydroxylation sites is 1. The molecule has 0 radical (unpaired) electrons. The molecule has 1 N–H and O–H groups in total. The minimum Gasteiger partial charge on any atom is -0.328 e. The van der Waals surface area contributed by atoms with E-state index in [-0.39, 0.29) is 18.4 Å². The van der Waals surface area contributed by atoms with Gasteiger partial charge in [0.2, 0.25) is 5.91 Å². The van der Waals surface area contributed by atoms with Crippen LogP contribution < -0.4 is 5.32 Å². The number of carbonyl (C=O) groups excluding carboxylic acids is 1. The summed E-state index contributed by atoms with van der Waals surface area (Å²) in [5.74, 6) is 0.573.